The number of nitrogens with zero attached hydrogens (tertiary/aromatic N) is 2. The van der Waals surface area contributed by atoms with Gasteiger partial charge in [-0.2, -0.15) is 4.31 Å². The molecule has 1 unspecified atom stereocenters. The SMILES string of the molecule is Cc1ccc(C(=O)N(C=O)S[N+](C)(F)C=O)cc1. The number of benzene rings is 1. The molecule has 0 fully saturated rings. The molecule has 0 aliphatic carbocycles. The van der Waals surface area contributed by atoms with Gasteiger partial charge in [0.25, 0.3) is 18.0 Å². The molecule has 5 nitrogen and oxygen atoms in total. The molecule has 3 amide bonds. The van der Waals surface area contributed by atoms with Crippen molar-refractivity contribution < 1.29 is 23.0 Å². The minimum absolute atomic E-state index is 0.0242. The average molecular weight is 271 g/mol. The van der Waals surface area contributed by atoms with E-state index in [0.717, 1.165) is 12.6 Å². The fourth-order valence-corrected chi connectivity index (χ4v) is 1.72. The first-order valence-electron chi connectivity index (χ1n) is 4.97. The van der Waals surface area contributed by atoms with Gasteiger partial charge in [0.2, 0.25) is 6.41 Å². The summed E-state index contributed by atoms with van der Waals surface area (Å²) in [5.74, 6) is -0.682. The largest absolute Gasteiger partial charge is 0.352 e. The highest BCUT2D eigenvalue weighted by Gasteiger charge is 2.32. The van der Waals surface area contributed by atoms with Gasteiger partial charge in [0, 0.05) is 14.2 Å². The van der Waals surface area contributed by atoms with E-state index in [9.17, 15) is 18.9 Å². The number of rotatable bonds is 5. The Morgan fingerprint density at radius 2 is 1.89 bits per heavy atom. The van der Waals surface area contributed by atoms with Gasteiger partial charge in [0.1, 0.15) is 7.05 Å². The van der Waals surface area contributed by atoms with Crippen LogP contribution in [0.15, 0.2) is 24.3 Å². The third-order valence-corrected chi connectivity index (χ3v) is 2.86. The summed E-state index contributed by atoms with van der Waals surface area (Å²) in [5, 5.41) is 0. The van der Waals surface area contributed by atoms with Crippen LogP contribution in [-0.2, 0) is 9.59 Å². The van der Waals surface area contributed by atoms with Crippen molar-refractivity contribution in [1.29, 1.82) is 0 Å². The number of imide groups is 1. The highest BCUT2D eigenvalue weighted by molar-refractivity contribution is 7.92. The van der Waals surface area contributed by atoms with Crippen LogP contribution in [0.3, 0.4) is 0 Å². The Bertz CT molecular complexity index is 462. The standard InChI is InChI=1S/C11H12FN2O3S/c1-9-3-5-10(6-4-9)11(17)13(7-15)18-14(2,12)8-16/h3-8H,1-2H3/q+1. The van der Waals surface area contributed by atoms with Crippen molar-refractivity contribution in [2.45, 2.75) is 6.92 Å². The van der Waals surface area contributed by atoms with E-state index in [4.69, 9.17) is 0 Å². The normalized spacial score (nSPS) is 13.5. The molecule has 96 valence electrons. The lowest BCUT2D eigenvalue weighted by Crippen LogP contribution is -2.34. The smallest absolute Gasteiger partial charge is 0.277 e. The highest BCUT2D eigenvalue weighted by atomic mass is 32.2. The molecule has 0 aliphatic rings. The van der Waals surface area contributed by atoms with Gasteiger partial charge >= 0.3 is 6.41 Å². The minimum atomic E-state index is -1.67. The molecule has 1 atom stereocenters. The van der Waals surface area contributed by atoms with Gasteiger partial charge in [-0.25, -0.2) is 4.79 Å². The predicted molar refractivity (Wildman–Crippen MR) is 64.4 cm³/mol. The first kappa shape index (κ1) is 14.3. The number of halogens is 1. The number of hydrogen-bond donors (Lipinski definition) is 0. The Hall–Kier alpha value is -1.73. The maximum Gasteiger partial charge on any atom is 0.352 e. The Morgan fingerprint density at radius 1 is 1.33 bits per heavy atom. The van der Waals surface area contributed by atoms with E-state index in [1.165, 1.54) is 12.1 Å². The number of quaternary nitrogens is 1. The molecule has 0 bridgehead atoms. The number of hydrogen-bond acceptors (Lipinski definition) is 4. The molecule has 0 aliphatic heterocycles. The monoisotopic (exact) mass is 271 g/mol. The van der Waals surface area contributed by atoms with Crippen molar-refractivity contribution in [3.05, 3.63) is 35.4 Å². The Labute approximate surface area is 108 Å². The fraction of sp³-hybridized carbons (Fsp3) is 0.182. The third-order valence-electron chi connectivity index (χ3n) is 2.03. The van der Waals surface area contributed by atoms with Crippen LogP contribution in [0.1, 0.15) is 15.9 Å². The predicted octanol–water partition coefficient (Wildman–Crippen LogP) is 1.64. The molecule has 0 saturated carbocycles. The van der Waals surface area contributed by atoms with E-state index in [1.54, 1.807) is 12.1 Å². The van der Waals surface area contributed by atoms with Gasteiger partial charge in [0.05, 0.1) is 0 Å². The molecule has 1 aromatic carbocycles. The van der Waals surface area contributed by atoms with Gasteiger partial charge in [0.15, 0.2) is 0 Å². The second-order valence-electron chi connectivity index (χ2n) is 3.67. The molecule has 0 saturated heterocycles. The van der Waals surface area contributed by atoms with Gasteiger partial charge in [-0.05, 0) is 19.1 Å². The van der Waals surface area contributed by atoms with E-state index < -0.39 is 10.0 Å². The summed E-state index contributed by atoms with van der Waals surface area (Å²) in [6.45, 7) is 1.85. The third kappa shape index (κ3) is 3.64. The zero-order valence-electron chi connectivity index (χ0n) is 9.87. The molecular formula is C11H12FN2O3S+. The van der Waals surface area contributed by atoms with E-state index >= 15 is 0 Å². The van der Waals surface area contributed by atoms with Gasteiger partial charge in [-0.1, -0.05) is 17.7 Å². The van der Waals surface area contributed by atoms with Crippen molar-refractivity contribution in [3.63, 3.8) is 0 Å². The lowest BCUT2D eigenvalue weighted by molar-refractivity contribution is -0.844. The van der Waals surface area contributed by atoms with E-state index in [0.29, 0.717) is 4.31 Å². The molecular weight excluding hydrogens is 259 g/mol. The van der Waals surface area contributed by atoms with Crippen LogP contribution >= 0.6 is 12.1 Å². The molecule has 0 aromatic heterocycles. The lowest BCUT2D eigenvalue weighted by atomic mass is 10.1. The molecule has 0 radical (unpaired) electrons. The van der Waals surface area contributed by atoms with Crippen molar-refractivity contribution in [1.82, 2.24) is 4.31 Å². The van der Waals surface area contributed by atoms with Crippen LogP contribution in [0.5, 0.6) is 0 Å². The summed E-state index contributed by atoms with van der Waals surface area (Å²) in [4.78, 5) is 33.0. The highest BCUT2D eigenvalue weighted by Crippen LogP contribution is 2.23. The van der Waals surface area contributed by atoms with E-state index in [-0.39, 0.29) is 30.5 Å². The molecule has 18 heavy (non-hydrogen) atoms. The summed E-state index contributed by atoms with van der Waals surface area (Å²) in [6, 6.07) is 6.45. The fourth-order valence-electron chi connectivity index (χ4n) is 1.12. The Balaban J connectivity index is 2.89. The lowest BCUT2D eigenvalue weighted by Gasteiger charge is -2.16. The molecule has 0 N–H and O–H groups in total. The quantitative estimate of drug-likeness (QED) is 0.464. The van der Waals surface area contributed by atoms with Gasteiger partial charge < -0.3 is 0 Å². The summed E-state index contributed by atoms with van der Waals surface area (Å²) in [7, 11) is 0.913. The van der Waals surface area contributed by atoms with E-state index in [1.807, 2.05) is 6.92 Å². The second-order valence-corrected chi connectivity index (χ2v) is 4.94. The van der Waals surface area contributed by atoms with Crippen LogP contribution in [0.4, 0.5) is 4.48 Å². The van der Waals surface area contributed by atoms with Gasteiger partial charge in [-0.15, -0.1) is 0 Å². The van der Waals surface area contributed by atoms with Crippen LogP contribution < -0.4 is 0 Å². The zero-order valence-corrected chi connectivity index (χ0v) is 10.7. The minimum Gasteiger partial charge on any atom is -0.277 e. The van der Waals surface area contributed by atoms with Crippen LogP contribution in [0.25, 0.3) is 0 Å². The first-order valence-corrected chi connectivity index (χ1v) is 5.70. The molecule has 1 rings (SSSR count). The summed E-state index contributed by atoms with van der Waals surface area (Å²) < 4.78 is 12.2. The number of carbonyl (C=O) groups excluding carboxylic acids is 3. The first-order chi connectivity index (χ1) is 8.39. The number of amides is 3. The van der Waals surface area contributed by atoms with Crippen molar-refractivity contribution >= 4 is 30.9 Å². The number of carbonyl (C=O) groups is 3. The Kier molecular flexibility index (Phi) is 4.57. The Morgan fingerprint density at radius 3 is 2.33 bits per heavy atom. The molecule has 0 heterocycles. The van der Waals surface area contributed by atoms with Crippen LogP contribution in [-0.4, -0.2) is 34.2 Å². The topological polar surface area (TPSA) is 54.5 Å². The van der Waals surface area contributed by atoms with Crippen molar-refractivity contribution in [2.24, 2.45) is 0 Å². The molecule has 1 aromatic rings. The van der Waals surface area contributed by atoms with Crippen LogP contribution in [0.2, 0.25) is 0 Å². The molecule has 0 spiro atoms. The average Bonchev–Trinajstić information content (AvgIpc) is 2.36. The number of aryl methyl sites for hydroxylation is 1. The summed E-state index contributed by atoms with van der Waals surface area (Å²) in [5.41, 5.74) is 1.20. The maximum absolute atomic E-state index is 13.4. The van der Waals surface area contributed by atoms with E-state index in [2.05, 4.69) is 0 Å². The molecule has 7 heteroatoms. The summed E-state index contributed by atoms with van der Waals surface area (Å²) >= 11 is 0.173. The van der Waals surface area contributed by atoms with Gasteiger partial charge in [-0.3, -0.25) is 9.59 Å². The zero-order chi connectivity index (χ0) is 13.8. The second kappa shape index (κ2) is 5.74. The summed E-state index contributed by atoms with van der Waals surface area (Å²) in [6.07, 6.45) is 0.149. The van der Waals surface area contributed by atoms with Crippen LogP contribution in [0, 0.1) is 6.92 Å². The van der Waals surface area contributed by atoms with Crippen molar-refractivity contribution in [2.75, 3.05) is 7.05 Å². The maximum atomic E-state index is 13.4. The van der Waals surface area contributed by atoms with Crippen molar-refractivity contribution in [3.8, 4) is 0 Å².